The number of ether oxygens (including phenoxy) is 1. The molecule has 0 radical (unpaired) electrons. The molecule has 25 heavy (non-hydrogen) atoms. The molecule has 1 unspecified atom stereocenters. The molecule has 1 atom stereocenters. The average Bonchev–Trinajstić information content (AvgIpc) is 2.53. The summed E-state index contributed by atoms with van der Waals surface area (Å²) >= 11 is 7.97. The second-order valence-electron chi connectivity index (χ2n) is 6.13. The quantitative estimate of drug-likeness (QED) is 0.648. The van der Waals surface area contributed by atoms with Crippen LogP contribution in [0.4, 0.5) is 0 Å². The lowest BCUT2D eigenvalue weighted by Gasteiger charge is -2.11. The van der Waals surface area contributed by atoms with Gasteiger partial charge in [-0.3, -0.25) is 4.79 Å². The van der Waals surface area contributed by atoms with Gasteiger partial charge >= 0.3 is 5.97 Å². The highest BCUT2D eigenvalue weighted by Gasteiger charge is 2.13. The van der Waals surface area contributed by atoms with Crippen LogP contribution >= 0.6 is 23.4 Å². The van der Waals surface area contributed by atoms with Gasteiger partial charge in [0.05, 0.1) is 21.7 Å². The fourth-order valence-electron chi connectivity index (χ4n) is 2.23. The Labute approximate surface area is 157 Å². The molecule has 0 aliphatic heterocycles. The number of hydrogen-bond donors (Lipinski definition) is 1. The summed E-state index contributed by atoms with van der Waals surface area (Å²) in [6.45, 7) is 6.26. The van der Waals surface area contributed by atoms with E-state index in [1.54, 1.807) is 30.8 Å². The Morgan fingerprint density at radius 2 is 2.04 bits per heavy atom. The summed E-state index contributed by atoms with van der Waals surface area (Å²) in [4.78, 5) is 15.5. The fourth-order valence-corrected chi connectivity index (χ4v) is 3.29. The number of thioether (sulfide) groups is 1. The number of carbonyl (C=O) groups is 1. The van der Waals surface area contributed by atoms with E-state index in [-0.39, 0.29) is 0 Å². The lowest BCUT2D eigenvalue weighted by atomic mass is 10.0. The smallest absolute Gasteiger partial charge is 0.306 e. The van der Waals surface area contributed by atoms with Gasteiger partial charge < -0.3 is 9.84 Å². The van der Waals surface area contributed by atoms with E-state index in [0.717, 1.165) is 16.3 Å². The van der Waals surface area contributed by atoms with Crippen molar-refractivity contribution in [3.63, 3.8) is 0 Å². The fraction of sp³-hybridized carbons (Fsp3) is 0.368. The van der Waals surface area contributed by atoms with Crippen LogP contribution in [0.3, 0.4) is 0 Å². The monoisotopic (exact) mass is 379 g/mol. The minimum atomic E-state index is -0.818. The number of aromatic nitrogens is 1. The van der Waals surface area contributed by atoms with Gasteiger partial charge in [-0.2, -0.15) is 0 Å². The van der Waals surface area contributed by atoms with Gasteiger partial charge in [0.1, 0.15) is 12.4 Å². The Morgan fingerprint density at radius 3 is 2.68 bits per heavy atom. The first-order valence-electron chi connectivity index (χ1n) is 8.11. The first-order valence-corrected chi connectivity index (χ1v) is 9.37. The van der Waals surface area contributed by atoms with E-state index >= 15 is 0 Å². The Kier molecular flexibility index (Phi) is 7.14. The lowest BCUT2D eigenvalue weighted by molar-refractivity contribution is -0.141. The van der Waals surface area contributed by atoms with Crippen molar-refractivity contribution in [2.75, 3.05) is 0 Å². The number of benzene rings is 1. The van der Waals surface area contributed by atoms with Gasteiger partial charge in [-0.15, -0.1) is 11.8 Å². The summed E-state index contributed by atoms with van der Waals surface area (Å²) in [5, 5.41) is 10.9. The molecular weight excluding hydrogens is 358 g/mol. The molecule has 0 saturated carbocycles. The summed E-state index contributed by atoms with van der Waals surface area (Å²) in [5.41, 5.74) is 1.71. The highest BCUT2D eigenvalue weighted by molar-refractivity contribution is 7.99. The second-order valence-corrected chi connectivity index (χ2v) is 8.13. The Balaban J connectivity index is 2.00. The molecule has 0 saturated heterocycles. The van der Waals surface area contributed by atoms with Gasteiger partial charge in [-0.1, -0.05) is 44.5 Å². The van der Waals surface area contributed by atoms with Crippen molar-refractivity contribution in [3.05, 3.63) is 52.7 Å². The molecule has 0 bridgehead atoms. The number of pyridine rings is 1. The van der Waals surface area contributed by atoms with Gasteiger partial charge in [0.2, 0.25) is 0 Å². The van der Waals surface area contributed by atoms with Gasteiger partial charge in [-0.05, 0) is 36.2 Å². The molecule has 134 valence electrons. The molecule has 0 fully saturated rings. The van der Waals surface area contributed by atoms with Crippen molar-refractivity contribution in [2.24, 2.45) is 5.92 Å². The van der Waals surface area contributed by atoms with E-state index in [2.05, 4.69) is 18.8 Å². The summed E-state index contributed by atoms with van der Waals surface area (Å²) in [6, 6.07) is 11.3. The molecule has 0 aliphatic rings. The predicted molar refractivity (Wildman–Crippen MR) is 102 cm³/mol. The van der Waals surface area contributed by atoms with Gasteiger partial charge in [0.15, 0.2) is 0 Å². The van der Waals surface area contributed by atoms with E-state index in [0.29, 0.717) is 29.0 Å². The molecule has 4 nitrogen and oxygen atoms in total. The number of rotatable bonds is 8. The summed E-state index contributed by atoms with van der Waals surface area (Å²) in [6.07, 6.45) is 0.436. The van der Waals surface area contributed by atoms with Crippen LogP contribution in [0.5, 0.6) is 5.75 Å². The van der Waals surface area contributed by atoms with Crippen LogP contribution in [0.15, 0.2) is 41.4 Å². The molecule has 0 amide bonds. The van der Waals surface area contributed by atoms with E-state index in [4.69, 9.17) is 21.4 Å². The third kappa shape index (κ3) is 6.25. The maximum atomic E-state index is 10.9. The lowest BCUT2D eigenvalue weighted by Crippen LogP contribution is -2.12. The van der Waals surface area contributed by atoms with Crippen LogP contribution < -0.4 is 4.74 Å². The number of nitrogens with zero attached hydrogens (tertiary/aromatic N) is 1. The van der Waals surface area contributed by atoms with Crippen LogP contribution in [-0.4, -0.2) is 21.3 Å². The maximum Gasteiger partial charge on any atom is 0.306 e. The number of hydrogen-bond acceptors (Lipinski definition) is 4. The minimum Gasteiger partial charge on any atom is -0.486 e. The van der Waals surface area contributed by atoms with Gasteiger partial charge in [-0.25, -0.2) is 4.98 Å². The molecule has 1 aromatic heterocycles. The Hall–Kier alpha value is -1.72. The zero-order valence-corrected chi connectivity index (χ0v) is 16.1. The van der Waals surface area contributed by atoms with Gasteiger partial charge in [0, 0.05) is 5.25 Å². The standard InChI is InChI=1S/C19H22ClNO3S/c1-12(2)25-18-6-4-5-15(21-18)11-24-17-8-7-14(10-16(17)20)9-13(3)19(22)23/h4-8,10,12-13H,9,11H2,1-3H3,(H,22,23). The molecule has 1 heterocycles. The predicted octanol–water partition coefficient (Wildman–Crippen LogP) is 5.08. The van der Waals surface area contributed by atoms with E-state index in [1.165, 1.54) is 0 Å². The molecule has 0 aliphatic carbocycles. The summed E-state index contributed by atoms with van der Waals surface area (Å²) in [5.74, 6) is -0.702. The highest BCUT2D eigenvalue weighted by atomic mass is 35.5. The van der Waals surface area contributed by atoms with E-state index in [9.17, 15) is 4.79 Å². The molecule has 0 spiro atoms. The van der Waals surface area contributed by atoms with E-state index in [1.807, 2.05) is 24.3 Å². The minimum absolute atomic E-state index is 0.330. The van der Waals surface area contributed by atoms with Crippen LogP contribution in [0.1, 0.15) is 32.0 Å². The number of halogens is 1. The van der Waals surface area contributed by atoms with Crippen LogP contribution in [0, 0.1) is 5.92 Å². The maximum absolute atomic E-state index is 10.9. The first kappa shape index (κ1) is 19.6. The third-order valence-electron chi connectivity index (χ3n) is 3.47. The SMILES string of the molecule is CC(C)Sc1cccc(COc2ccc(CC(C)C(=O)O)cc2Cl)n1. The van der Waals surface area contributed by atoms with Crippen LogP contribution in [0.2, 0.25) is 5.02 Å². The molecule has 1 aromatic carbocycles. The Bertz CT molecular complexity index is 736. The number of carboxylic acids is 1. The van der Waals surface area contributed by atoms with Crippen molar-refractivity contribution < 1.29 is 14.6 Å². The second kappa shape index (κ2) is 9.11. The Morgan fingerprint density at radius 1 is 1.28 bits per heavy atom. The van der Waals surface area contributed by atoms with Crippen molar-refractivity contribution in [1.82, 2.24) is 4.98 Å². The topological polar surface area (TPSA) is 59.4 Å². The third-order valence-corrected chi connectivity index (χ3v) is 4.71. The zero-order valence-electron chi connectivity index (χ0n) is 14.5. The molecular formula is C19H22ClNO3S. The van der Waals surface area contributed by atoms with Crippen LogP contribution in [0.25, 0.3) is 0 Å². The van der Waals surface area contributed by atoms with Crippen molar-refractivity contribution in [2.45, 2.75) is 44.1 Å². The van der Waals surface area contributed by atoms with Crippen molar-refractivity contribution in [1.29, 1.82) is 0 Å². The van der Waals surface area contributed by atoms with Crippen molar-refractivity contribution in [3.8, 4) is 5.75 Å². The average molecular weight is 380 g/mol. The molecule has 2 aromatic rings. The van der Waals surface area contributed by atoms with Crippen molar-refractivity contribution >= 4 is 29.3 Å². The van der Waals surface area contributed by atoms with Crippen LogP contribution in [-0.2, 0) is 17.8 Å². The van der Waals surface area contributed by atoms with Gasteiger partial charge in [0.25, 0.3) is 0 Å². The molecule has 1 N–H and O–H groups in total. The molecule has 6 heteroatoms. The normalized spacial score (nSPS) is 12.2. The number of aliphatic carboxylic acids is 1. The highest BCUT2D eigenvalue weighted by Crippen LogP contribution is 2.27. The zero-order chi connectivity index (χ0) is 18.4. The molecule has 2 rings (SSSR count). The number of carboxylic acid groups (broad SMARTS) is 1. The first-order chi connectivity index (χ1) is 11.8. The largest absolute Gasteiger partial charge is 0.486 e. The van der Waals surface area contributed by atoms with E-state index < -0.39 is 11.9 Å². The summed E-state index contributed by atoms with van der Waals surface area (Å²) < 4.78 is 5.77. The summed E-state index contributed by atoms with van der Waals surface area (Å²) in [7, 11) is 0.